The van der Waals surface area contributed by atoms with Gasteiger partial charge in [-0.3, -0.25) is 0 Å². The third-order valence-corrected chi connectivity index (χ3v) is 5.24. The van der Waals surface area contributed by atoms with Crippen molar-refractivity contribution in [1.29, 1.82) is 0 Å². The molecule has 0 spiro atoms. The Hall–Kier alpha value is -3.88. The predicted molar refractivity (Wildman–Crippen MR) is 127 cm³/mol. The number of fused-ring (bicyclic) bond motifs is 1. The maximum absolute atomic E-state index is 14.5. The molecule has 0 heterocycles. The molecular formula is C30H22F2. The van der Waals surface area contributed by atoms with Gasteiger partial charge >= 0.3 is 0 Å². The van der Waals surface area contributed by atoms with E-state index in [1.165, 1.54) is 36.6 Å². The topological polar surface area (TPSA) is 0 Å². The Balaban J connectivity index is 1.49. The molecule has 0 saturated heterocycles. The van der Waals surface area contributed by atoms with Crippen LogP contribution in [0.2, 0.25) is 0 Å². The van der Waals surface area contributed by atoms with Crippen molar-refractivity contribution < 1.29 is 8.78 Å². The smallest absolute Gasteiger partial charge is 0.140 e. The molecule has 4 rings (SSSR count). The van der Waals surface area contributed by atoms with Gasteiger partial charge in [-0.2, -0.15) is 0 Å². The highest BCUT2D eigenvalue weighted by molar-refractivity contribution is 5.84. The van der Waals surface area contributed by atoms with Crippen molar-refractivity contribution in [1.82, 2.24) is 0 Å². The van der Waals surface area contributed by atoms with Gasteiger partial charge in [-0.15, -0.1) is 0 Å². The fraction of sp³-hybridized carbons (Fsp3) is 0.133. The molecule has 156 valence electrons. The normalized spacial score (nSPS) is 10.2. The van der Waals surface area contributed by atoms with Gasteiger partial charge in [-0.05, 0) is 83.8 Å². The van der Waals surface area contributed by atoms with E-state index in [1.807, 2.05) is 24.3 Å². The fourth-order valence-corrected chi connectivity index (χ4v) is 3.41. The van der Waals surface area contributed by atoms with Crippen LogP contribution in [-0.4, -0.2) is 0 Å². The second-order valence-electron chi connectivity index (χ2n) is 7.70. The molecule has 32 heavy (non-hydrogen) atoms. The molecule has 0 aliphatic heterocycles. The lowest BCUT2D eigenvalue weighted by Gasteiger charge is -2.00. The van der Waals surface area contributed by atoms with E-state index in [0.29, 0.717) is 11.1 Å². The molecule has 0 aliphatic carbocycles. The van der Waals surface area contributed by atoms with Crippen molar-refractivity contribution in [3.63, 3.8) is 0 Å². The van der Waals surface area contributed by atoms with Crippen molar-refractivity contribution in [2.24, 2.45) is 0 Å². The van der Waals surface area contributed by atoms with Crippen LogP contribution >= 0.6 is 0 Å². The summed E-state index contributed by atoms with van der Waals surface area (Å²) in [4.78, 5) is 0. The zero-order chi connectivity index (χ0) is 22.3. The molecule has 0 atom stereocenters. The van der Waals surface area contributed by atoms with Gasteiger partial charge in [0.1, 0.15) is 11.6 Å². The van der Waals surface area contributed by atoms with Gasteiger partial charge in [0.05, 0.1) is 5.56 Å². The quantitative estimate of drug-likeness (QED) is 0.306. The summed E-state index contributed by atoms with van der Waals surface area (Å²) in [7, 11) is 0. The van der Waals surface area contributed by atoms with E-state index in [1.54, 1.807) is 24.3 Å². The van der Waals surface area contributed by atoms with E-state index in [9.17, 15) is 8.78 Å². The van der Waals surface area contributed by atoms with Crippen LogP contribution in [0.3, 0.4) is 0 Å². The number of aryl methyl sites for hydroxylation is 1. The van der Waals surface area contributed by atoms with Crippen LogP contribution in [0.1, 0.15) is 47.6 Å². The van der Waals surface area contributed by atoms with Gasteiger partial charge in [-0.1, -0.05) is 61.3 Å². The third-order valence-electron chi connectivity index (χ3n) is 5.24. The lowest BCUT2D eigenvalue weighted by molar-refractivity contribution is 0.624. The molecule has 0 aliphatic rings. The number of rotatable bonds is 3. The van der Waals surface area contributed by atoms with Gasteiger partial charge < -0.3 is 0 Å². The number of unbranched alkanes of at least 4 members (excludes halogenated alkanes) is 1. The summed E-state index contributed by atoms with van der Waals surface area (Å²) in [5.41, 5.74) is 3.89. The molecule has 0 amide bonds. The number of hydrogen-bond acceptors (Lipinski definition) is 0. The second kappa shape index (κ2) is 9.95. The summed E-state index contributed by atoms with van der Waals surface area (Å²) in [6.07, 6.45) is 3.44. The Morgan fingerprint density at radius 1 is 0.625 bits per heavy atom. The monoisotopic (exact) mass is 420 g/mol. The van der Waals surface area contributed by atoms with Crippen molar-refractivity contribution in [3.05, 3.63) is 118 Å². The van der Waals surface area contributed by atoms with Crippen molar-refractivity contribution in [3.8, 4) is 23.7 Å². The molecule has 0 N–H and O–H groups in total. The molecule has 0 saturated carbocycles. The molecule has 0 aromatic heterocycles. The lowest BCUT2D eigenvalue weighted by Crippen LogP contribution is -1.87. The van der Waals surface area contributed by atoms with E-state index in [0.717, 1.165) is 28.3 Å². The van der Waals surface area contributed by atoms with E-state index >= 15 is 0 Å². The Kier molecular flexibility index (Phi) is 6.64. The molecule has 0 radical (unpaired) electrons. The summed E-state index contributed by atoms with van der Waals surface area (Å²) >= 11 is 0. The first-order valence-electron chi connectivity index (χ1n) is 10.7. The van der Waals surface area contributed by atoms with Gasteiger partial charge in [0.2, 0.25) is 0 Å². The molecule has 0 nitrogen and oxygen atoms in total. The second-order valence-corrected chi connectivity index (χ2v) is 7.70. The van der Waals surface area contributed by atoms with Crippen molar-refractivity contribution >= 4 is 10.8 Å². The minimum atomic E-state index is -0.401. The van der Waals surface area contributed by atoms with Gasteiger partial charge in [0, 0.05) is 16.7 Å². The number of halogens is 2. The average Bonchev–Trinajstić information content (AvgIpc) is 2.81. The molecule has 0 unspecified atom stereocenters. The van der Waals surface area contributed by atoms with Crippen LogP contribution in [0.25, 0.3) is 10.8 Å². The van der Waals surface area contributed by atoms with Crippen LogP contribution < -0.4 is 0 Å². The Morgan fingerprint density at radius 3 is 2.03 bits per heavy atom. The first-order chi connectivity index (χ1) is 15.6. The highest BCUT2D eigenvalue weighted by atomic mass is 19.1. The summed E-state index contributed by atoms with van der Waals surface area (Å²) < 4.78 is 27.8. The van der Waals surface area contributed by atoms with Crippen molar-refractivity contribution in [2.75, 3.05) is 0 Å². The zero-order valence-corrected chi connectivity index (χ0v) is 17.9. The Morgan fingerprint density at radius 2 is 1.25 bits per heavy atom. The fourth-order valence-electron chi connectivity index (χ4n) is 3.41. The third kappa shape index (κ3) is 5.42. The number of hydrogen-bond donors (Lipinski definition) is 0. The van der Waals surface area contributed by atoms with Crippen LogP contribution in [-0.2, 0) is 6.42 Å². The van der Waals surface area contributed by atoms with E-state index in [-0.39, 0.29) is 5.82 Å². The molecular weight excluding hydrogens is 398 g/mol. The first-order valence-corrected chi connectivity index (χ1v) is 10.7. The maximum atomic E-state index is 14.5. The minimum Gasteiger partial charge on any atom is -0.207 e. The summed E-state index contributed by atoms with van der Waals surface area (Å²) in [6, 6.07) is 23.1. The van der Waals surface area contributed by atoms with E-state index in [4.69, 9.17) is 0 Å². The van der Waals surface area contributed by atoms with Gasteiger partial charge in [-0.25, -0.2) is 8.78 Å². The highest BCUT2D eigenvalue weighted by Crippen LogP contribution is 2.17. The zero-order valence-electron chi connectivity index (χ0n) is 17.9. The highest BCUT2D eigenvalue weighted by Gasteiger charge is 2.01. The first kappa shape index (κ1) is 21.4. The van der Waals surface area contributed by atoms with Crippen molar-refractivity contribution in [2.45, 2.75) is 26.2 Å². The maximum Gasteiger partial charge on any atom is 0.140 e. The van der Waals surface area contributed by atoms with Crippen LogP contribution in [0.4, 0.5) is 8.78 Å². The molecule has 4 aromatic rings. The standard InChI is InChI=1S/C30H22F2/c1-2-3-4-22-5-7-23(8-6-22)9-10-25-12-15-26(30(32)20-25)14-11-24-13-16-28-21-29(31)18-17-27(28)19-24/h5-8,12-13,15-21H,2-4H2,1H3. The predicted octanol–water partition coefficient (Wildman–Crippen LogP) is 7.26. The van der Waals surface area contributed by atoms with Gasteiger partial charge in [0.15, 0.2) is 0 Å². The van der Waals surface area contributed by atoms with Crippen LogP contribution in [0.15, 0.2) is 78.9 Å². The molecule has 0 fully saturated rings. The molecule has 2 heteroatoms. The van der Waals surface area contributed by atoms with E-state index in [2.05, 4.69) is 42.7 Å². The summed E-state index contributed by atoms with van der Waals surface area (Å²) in [6.45, 7) is 2.18. The summed E-state index contributed by atoms with van der Waals surface area (Å²) in [5.74, 6) is 11.3. The Labute approximate surface area is 187 Å². The van der Waals surface area contributed by atoms with Crippen LogP contribution in [0, 0.1) is 35.3 Å². The summed E-state index contributed by atoms with van der Waals surface area (Å²) in [5, 5.41) is 1.70. The molecule has 0 bridgehead atoms. The van der Waals surface area contributed by atoms with Crippen LogP contribution in [0.5, 0.6) is 0 Å². The van der Waals surface area contributed by atoms with Gasteiger partial charge in [0.25, 0.3) is 0 Å². The average molecular weight is 421 g/mol. The SMILES string of the molecule is CCCCc1ccc(C#Cc2ccc(C#Cc3ccc4cc(F)ccc4c3)c(F)c2)cc1. The minimum absolute atomic E-state index is 0.273. The number of benzene rings is 4. The lowest BCUT2D eigenvalue weighted by atomic mass is 10.1. The molecule has 4 aromatic carbocycles. The largest absolute Gasteiger partial charge is 0.207 e. The Bertz CT molecular complexity index is 1370. The van der Waals surface area contributed by atoms with E-state index < -0.39 is 5.82 Å².